The van der Waals surface area contributed by atoms with Crippen molar-refractivity contribution in [1.82, 2.24) is 5.32 Å². The summed E-state index contributed by atoms with van der Waals surface area (Å²) >= 11 is 3.57. The van der Waals surface area contributed by atoms with Gasteiger partial charge in [0.1, 0.15) is 11.3 Å². The highest BCUT2D eigenvalue weighted by molar-refractivity contribution is 9.10. The van der Waals surface area contributed by atoms with Crippen LogP contribution in [0.4, 0.5) is 0 Å². The molecule has 0 aliphatic heterocycles. The van der Waals surface area contributed by atoms with Gasteiger partial charge in [0.15, 0.2) is 0 Å². The Morgan fingerprint density at radius 1 is 1.39 bits per heavy atom. The fraction of sp³-hybridized carbons (Fsp3) is 0.467. The Labute approximate surface area is 116 Å². The highest BCUT2D eigenvalue weighted by atomic mass is 79.9. The standard InChI is InChI=1S/C15H18BrNO/c1-9(2)14-11-4-3-5-12(16)15(11)18-13(14)8-17-10-6-7-10/h3-5,9-10,17H,6-8H2,1-2H3. The minimum atomic E-state index is 0.483. The lowest BCUT2D eigenvalue weighted by Crippen LogP contribution is -2.15. The van der Waals surface area contributed by atoms with Gasteiger partial charge < -0.3 is 9.73 Å². The third-order valence-electron chi connectivity index (χ3n) is 3.49. The van der Waals surface area contributed by atoms with Gasteiger partial charge in [-0.25, -0.2) is 0 Å². The Morgan fingerprint density at radius 3 is 2.83 bits per heavy atom. The van der Waals surface area contributed by atoms with E-state index in [4.69, 9.17) is 4.42 Å². The maximum atomic E-state index is 6.06. The molecular formula is C15H18BrNO. The minimum absolute atomic E-state index is 0.483. The van der Waals surface area contributed by atoms with Crippen LogP contribution in [0.2, 0.25) is 0 Å². The second-order valence-electron chi connectivity index (χ2n) is 5.37. The number of benzene rings is 1. The van der Waals surface area contributed by atoms with Crippen LogP contribution in [0.25, 0.3) is 11.0 Å². The van der Waals surface area contributed by atoms with Crippen LogP contribution in [-0.4, -0.2) is 6.04 Å². The predicted octanol–water partition coefficient (Wildman–Crippen LogP) is 4.57. The van der Waals surface area contributed by atoms with Gasteiger partial charge in [-0.15, -0.1) is 0 Å². The van der Waals surface area contributed by atoms with Crippen LogP contribution >= 0.6 is 15.9 Å². The molecule has 2 aromatic rings. The van der Waals surface area contributed by atoms with Gasteiger partial charge in [0.25, 0.3) is 0 Å². The highest BCUT2D eigenvalue weighted by Gasteiger charge is 2.23. The molecule has 0 amide bonds. The number of nitrogens with one attached hydrogen (secondary N) is 1. The van der Waals surface area contributed by atoms with Crippen molar-refractivity contribution >= 4 is 26.9 Å². The topological polar surface area (TPSA) is 25.2 Å². The smallest absolute Gasteiger partial charge is 0.148 e. The summed E-state index contributed by atoms with van der Waals surface area (Å²) in [6.07, 6.45) is 2.61. The molecule has 1 saturated carbocycles. The first-order valence-corrected chi connectivity index (χ1v) is 7.39. The van der Waals surface area contributed by atoms with Gasteiger partial charge in [-0.1, -0.05) is 26.0 Å². The number of rotatable bonds is 4. The number of fused-ring (bicyclic) bond motifs is 1. The Bertz CT molecular complexity index is 569. The van der Waals surface area contributed by atoms with Crippen LogP contribution in [0.15, 0.2) is 27.1 Å². The predicted molar refractivity (Wildman–Crippen MR) is 77.9 cm³/mol. The summed E-state index contributed by atoms with van der Waals surface area (Å²) in [6, 6.07) is 6.97. The van der Waals surface area contributed by atoms with E-state index in [2.05, 4.69) is 47.2 Å². The first-order valence-electron chi connectivity index (χ1n) is 6.60. The van der Waals surface area contributed by atoms with E-state index in [1.165, 1.54) is 23.8 Å². The van der Waals surface area contributed by atoms with E-state index < -0.39 is 0 Å². The molecule has 1 aromatic heterocycles. The Kier molecular flexibility index (Phi) is 3.20. The van der Waals surface area contributed by atoms with Crippen LogP contribution in [0, 0.1) is 0 Å². The van der Waals surface area contributed by atoms with Crippen molar-refractivity contribution in [3.8, 4) is 0 Å². The van der Waals surface area contributed by atoms with Crippen LogP contribution in [0.1, 0.15) is 43.9 Å². The monoisotopic (exact) mass is 307 g/mol. The van der Waals surface area contributed by atoms with Gasteiger partial charge in [0.05, 0.1) is 11.0 Å². The number of hydrogen-bond donors (Lipinski definition) is 1. The van der Waals surface area contributed by atoms with Crippen molar-refractivity contribution in [2.45, 2.75) is 45.2 Å². The normalized spacial score (nSPS) is 15.8. The van der Waals surface area contributed by atoms with Crippen molar-refractivity contribution in [3.63, 3.8) is 0 Å². The van der Waals surface area contributed by atoms with Crippen molar-refractivity contribution in [2.24, 2.45) is 0 Å². The third-order valence-corrected chi connectivity index (χ3v) is 4.11. The second-order valence-corrected chi connectivity index (χ2v) is 6.22. The van der Waals surface area contributed by atoms with Crippen LogP contribution in [0.5, 0.6) is 0 Å². The van der Waals surface area contributed by atoms with E-state index in [1.807, 2.05) is 6.07 Å². The maximum absolute atomic E-state index is 6.06. The molecule has 0 spiro atoms. The molecule has 1 aliphatic rings. The van der Waals surface area contributed by atoms with Crippen molar-refractivity contribution in [2.75, 3.05) is 0 Å². The second kappa shape index (κ2) is 4.71. The summed E-state index contributed by atoms with van der Waals surface area (Å²) in [5, 5.41) is 4.78. The van der Waals surface area contributed by atoms with Crippen molar-refractivity contribution in [1.29, 1.82) is 0 Å². The van der Waals surface area contributed by atoms with E-state index >= 15 is 0 Å². The summed E-state index contributed by atoms with van der Waals surface area (Å²) in [6.45, 7) is 5.30. The molecule has 1 N–H and O–H groups in total. The Morgan fingerprint density at radius 2 is 2.17 bits per heavy atom. The molecule has 2 nitrogen and oxygen atoms in total. The van der Waals surface area contributed by atoms with Gasteiger partial charge in [-0.05, 0) is 40.8 Å². The molecule has 0 atom stereocenters. The molecule has 3 heteroatoms. The average Bonchev–Trinajstić information content (AvgIpc) is 3.06. The van der Waals surface area contributed by atoms with Crippen LogP contribution in [0.3, 0.4) is 0 Å². The van der Waals surface area contributed by atoms with E-state index in [9.17, 15) is 0 Å². The zero-order valence-electron chi connectivity index (χ0n) is 10.8. The molecule has 0 unspecified atom stereocenters. The Balaban J connectivity index is 2.04. The Hall–Kier alpha value is -0.800. The molecule has 1 fully saturated rings. The summed E-state index contributed by atoms with van der Waals surface area (Å²) in [5.41, 5.74) is 2.33. The molecule has 1 heterocycles. The fourth-order valence-corrected chi connectivity index (χ4v) is 2.89. The average molecular weight is 308 g/mol. The first-order chi connectivity index (χ1) is 8.66. The van der Waals surface area contributed by atoms with Crippen LogP contribution < -0.4 is 5.32 Å². The molecular weight excluding hydrogens is 290 g/mol. The minimum Gasteiger partial charge on any atom is -0.458 e. The third kappa shape index (κ3) is 2.21. The van der Waals surface area contributed by atoms with Gasteiger partial charge in [-0.2, -0.15) is 0 Å². The zero-order chi connectivity index (χ0) is 12.7. The highest BCUT2D eigenvalue weighted by Crippen LogP contribution is 2.35. The lowest BCUT2D eigenvalue weighted by Gasteiger charge is -2.07. The molecule has 18 heavy (non-hydrogen) atoms. The fourth-order valence-electron chi connectivity index (χ4n) is 2.44. The first kappa shape index (κ1) is 12.2. The van der Waals surface area contributed by atoms with E-state index in [1.54, 1.807) is 0 Å². The number of halogens is 1. The van der Waals surface area contributed by atoms with Crippen molar-refractivity contribution in [3.05, 3.63) is 34.0 Å². The number of hydrogen-bond acceptors (Lipinski definition) is 2. The summed E-state index contributed by atoms with van der Waals surface area (Å²) in [5.74, 6) is 1.58. The van der Waals surface area contributed by atoms with E-state index in [-0.39, 0.29) is 0 Å². The van der Waals surface area contributed by atoms with Gasteiger partial charge in [-0.3, -0.25) is 0 Å². The lowest BCUT2D eigenvalue weighted by molar-refractivity contribution is 0.502. The van der Waals surface area contributed by atoms with Gasteiger partial charge in [0.2, 0.25) is 0 Å². The molecule has 0 radical (unpaired) electrons. The summed E-state index contributed by atoms with van der Waals surface area (Å²) in [7, 11) is 0. The number of furan rings is 1. The van der Waals surface area contributed by atoms with Gasteiger partial charge >= 0.3 is 0 Å². The molecule has 0 bridgehead atoms. The maximum Gasteiger partial charge on any atom is 0.148 e. The zero-order valence-corrected chi connectivity index (χ0v) is 12.4. The molecule has 3 rings (SSSR count). The molecule has 1 aromatic carbocycles. The molecule has 96 valence electrons. The lowest BCUT2D eigenvalue weighted by atomic mass is 9.99. The summed E-state index contributed by atoms with van der Waals surface area (Å²) in [4.78, 5) is 0. The molecule has 0 saturated heterocycles. The quantitative estimate of drug-likeness (QED) is 0.895. The van der Waals surface area contributed by atoms with Gasteiger partial charge in [0, 0.05) is 17.0 Å². The largest absolute Gasteiger partial charge is 0.458 e. The van der Waals surface area contributed by atoms with E-state index in [0.717, 1.165) is 22.4 Å². The van der Waals surface area contributed by atoms with E-state index in [0.29, 0.717) is 12.0 Å². The number of para-hydroxylation sites is 1. The SMILES string of the molecule is CC(C)c1c(CNC2CC2)oc2c(Br)cccc12. The molecule has 1 aliphatic carbocycles. The summed E-state index contributed by atoms with van der Waals surface area (Å²) < 4.78 is 7.10. The van der Waals surface area contributed by atoms with Crippen LogP contribution in [-0.2, 0) is 6.54 Å². The van der Waals surface area contributed by atoms with Crippen molar-refractivity contribution < 1.29 is 4.42 Å².